The number of aliphatic hydroxyl groups excluding tert-OH is 1. The van der Waals surface area contributed by atoms with E-state index >= 15 is 0 Å². The summed E-state index contributed by atoms with van der Waals surface area (Å²) >= 11 is 0. The Balaban J connectivity index is 1.86. The van der Waals surface area contributed by atoms with E-state index < -0.39 is 0 Å². The van der Waals surface area contributed by atoms with Crippen LogP contribution < -0.4 is 5.32 Å². The number of aryl methyl sites for hydroxylation is 1. The number of aliphatic hydroxyl groups is 1. The molecule has 2 N–H and O–H groups in total. The fourth-order valence-corrected chi connectivity index (χ4v) is 2.33. The standard InChI is InChI=1S/C14H20N2O2/c1-11-4-6-12(7-5-11)15-14(18)9-16-8-2-3-13(16)10-17/h4-7,13,17H,2-3,8-10H2,1H3,(H,15,18). The highest BCUT2D eigenvalue weighted by Crippen LogP contribution is 2.16. The van der Waals surface area contributed by atoms with Gasteiger partial charge in [-0.05, 0) is 38.4 Å². The van der Waals surface area contributed by atoms with Crippen molar-refractivity contribution in [2.45, 2.75) is 25.8 Å². The first-order valence-electron chi connectivity index (χ1n) is 6.40. The van der Waals surface area contributed by atoms with Gasteiger partial charge in [0.15, 0.2) is 0 Å². The molecule has 0 spiro atoms. The van der Waals surface area contributed by atoms with E-state index in [1.165, 1.54) is 5.56 Å². The summed E-state index contributed by atoms with van der Waals surface area (Å²) in [6, 6.07) is 7.90. The molecule has 4 nitrogen and oxygen atoms in total. The van der Waals surface area contributed by atoms with E-state index in [1.54, 1.807) is 0 Å². The summed E-state index contributed by atoms with van der Waals surface area (Å²) < 4.78 is 0. The summed E-state index contributed by atoms with van der Waals surface area (Å²) in [6.45, 7) is 3.41. The van der Waals surface area contributed by atoms with Crippen LogP contribution in [0.15, 0.2) is 24.3 Å². The molecule has 18 heavy (non-hydrogen) atoms. The van der Waals surface area contributed by atoms with E-state index in [2.05, 4.69) is 5.32 Å². The number of amides is 1. The smallest absolute Gasteiger partial charge is 0.238 e. The quantitative estimate of drug-likeness (QED) is 0.846. The monoisotopic (exact) mass is 248 g/mol. The third-order valence-corrected chi connectivity index (χ3v) is 3.39. The Morgan fingerprint density at radius 1 is 1.44 bits per heavy atom. The van der Waals surface area contributed by atoms with Crippen LogP contribution in [0.5, 0.6) is 0 Å². The Hall–Kier alpha value is -1.39. The van der Waals surface area contributed by atoms with Crippen molar-refractivity contribution in [2.24, 2.45) is 0 Å². The maximum atomic E-state index is 11.9. The molecule has 1 amide bonds. The molecule has 0 bridgehead atoms. The lowest BCUT2D eigenvalue weighted by Crippen LogP contribution is -2.38. The van der Waals surface area contributed by atoms with Crippen LogP contribution in [0.3, 0.4) is 0 Å². The average molecular weight is 248 g/mol. The fraction of sp³-hybridized carbons (Fsp3) is 0.500. The van der Waals surface area contributed by atoms with Crippen LogP contribution in [-0.2, 0) is 4.79 Å². The van der Waals surface area contributed by atoms with E-state index in [0.29, 0.717) is 6.54 Å². The number of rotatable bonds is 4. The van der Waals surface area contributed by atoms with E-state index in [4.69, 9.17) is 0 Å². The maximum Gasteiger partial charge on any atom is 0.238 e. The Labute approximate surface area is 108 Å². The van der Waals surface area contributed by atoms with E-state index in [9.17, 15) is 9.90 Å². The van der Waals surface area contributed by atoms with Crippen molar-refractivity contribution >= 4 is 11.6 Å². The van der Waals surface area contributed by atoms with Crippen LogP contribution in [0.25, 0.3) is 0 Å². The number of hydrogen-bond donors (Lipinski definition) is 2. The molecule has 1 saturated heterocycles. The number of nitrogens with one attached hydrogen (secondary N) is 1. The second-order valence-electron chi connectivity index (χ2n) is 4.86. The molecule has 2 rings (SSSR count). The highest BCUT2D eigenvalue weighted by molar-refractivity contribution is 5.92. The molecular formula is C14H20N2O2. The average Bonchev–Trinajstić information content (AvgIpc) is 2.79. The minimum atomic E-state index is -0.0146. The van der Waals surface area contributed by atoms with Gasteiger partial charge in [-0.25, -0.2) is 0 Å². The summed E-state index contributed by atoms with van der Waals surface area (Å²) in [4.78, 5) is 13.9. The maximum absolute atomic E-state index is 11.9. The third-order valence-electron chi connectivity index (χ3n) is 3.39. The molecule has 1 unspecified atom stereocenters. The first kappa shape index (κ1) is 13.1. The molecular weight excluding hydrogens is 228 g/mol. The van der Waals surface area contributed by atoms with E-state index in [1.807, 2.05) is 36.1 Å². The molecule has 1 aliphatic heterocycles. The molecule has 4 heteroatoms. The van der Waals surface area contributed by atoms with Crippen molar-refractivity contribution in [1.29, 1.82) is 0 Å². The van der Waals surface area contributed by atoms with Crippen LogP contribution >= 0.6 is 0 Å². The van der Waals surface area contributed by atoms with Gasteiger partial charge in [0.05, 0.1) is 13.2 Å². The van der Waals surface area contributed by atoms with Crippen molar-refractivity contribution in [1.82, 2.24) is 4.90 Å². The molecule has 1 heterocycles. The predicted octanol–water partition coefficient (Wildman–Crippen LogP) is 1.39. The summed E-state index contributed by atoms with van der Waals surface area (Å²) in [5.41, 5.74) is 2.00. The number of benzene rings is 1. The highest BCUT2D eigenvalue weighted by atomic mass is 16.3. The van der Waals surface area contributed by atoms with Gasteiger partial charge in [0.2, 0.25) is 5.91 Å². The van der Waals surface area contributed by atoms with Gasteiger partial charge < -0.3 is 10.4 Å². The number of likely N-dealkylation sites (tertiary alicyclic amines) is 1. The second-order valence-corrected chi connectivity index (χ2v) is 4.86. The number of nitrogens with zero attached hydrogens (tertiary/aromatic N) is 1. The minimum absolute atomic E-state index is 0.0146. The Morgan fingerprint density at radius 3 is 2.83 bits per heavy atom. The zero-order valence-electron chi connectivity index (χ0n) is 10.7. The van der Waals surface area contributed by atoms with Crippen molar-refractivity contribution in [3.05, 3.63) is 29.8 Å². The summed E-state index contributed by atoms with van der Waals surface area (Å²) in [6.07, 6.45) is 2.04. The van der Waals surface area contributed by atoms with Crippen molar-refractivity contribution in [2.75, 3.05) is 25.0 Å². The number of carbonyl (C=O) groups is 1. The third kappa shape index (κ3) is 3.31. The summed E-state index contributed by atoms with van der Waals surface area (Å²) in [7, 11) is 0. The highest BCUT2D eigenvalue weighted by Gasteiger charge is 2.25. The summed E-state index contributed by atoms with van der Waals surface area (Å²) in [5, 5.41) is 12.1. The second kappa shape index (κ2) is 5.98. The van der Waals surface area contributed by atoms with Gasteiger partial charge in [-0.3, -0.25) is 9.69 Å². The Kier molecular flexibility index (Phi) is 4.33. The molecule has 0 radical (unpaired) electrons. The van der Waals surface area contributed by atoms with Crippen molar-refractivity contribution in [3.63, 3.8) is 0 Å². The van der Waals surface area contributed by atoms with Gasteiger partial charge in [-0.2, -0.15) is 0 Å². The molecule has 0 aliphatic carbocycles. The lowest BCUT2D eigenvalue weighted by Gasteiger charge is -2.21. The normalized spacial score (nSPS) is 20.0. The van der Waals surface area contributed by atoms with Gasteiger partial charge in [0.25, 0.3) is 0 Å². The van der Waals surface area contributed by atoms with Crippen LogP contribution in [-0.4, -0.2) is 41.7 Å². The molecule has 1 aromatic carbocycles. The number of hydrogen-bond acceptors (Lipinski definition) is 3. The molecule has 0 aromatic heterocycles. The van der Waals surface area contributed by atoms with Gasteiger partial charge in [0, 0.05) is 11.7 Å². The Morgan fingerprint density at radius 2 is 2.17 bits per heavy atom. The first-order valence-corrected chi connectivity index (χ1v) is 6.40. The van der Waals surface area contributed by atoms with Gasteiger partial charge >= 0.3 is 0 Å². The number of carbonyl (C=O) groups excluding carboxylic acids is 1. The molecule has 98 valence electrons. The van der Waals surface area contributed by atoms with Crippen molar-refractivity contribution < 1.29 is 9.90 Å². The predicted molar refractivity (Wildman–Crippen MR) is 71.5 cm³/mol. The topological polar surface area (TPSA) is 52.6 Å². The number of anilines is 1. The zero-order valence-corrected chi connectivity index (χ0v) is 10.7. The molecule has 1 atom stereocenters. The van der Waals surface area contributed by atoms with E-state index in [-0.39, 0.29) is 18.6 Å². The van der Waals surface area contributed by atoms with Crippen molar-refractivity contribution in [3.8, 4) is 0 Å². The van der Waals surface area contributed by atoms with Crippen LogP contribution in [0.1, 0.15) is 18.4 Å². The Bertz CT molecular complexity index is 403. The van der Waals surface area contributed by atoms with Crippen LogP contribution in [0.2, 0.25) is 0 Å². The lowest BCUT2D eigenvalue weighted by molar-refractivity contribution is -0.117. The largest absolute Gasteiger partial charge is 0.395 e. The molecule has 1 aromatic rings. The molecule has 0 saturated carbocycles. The first-order chi connectivity index (χ1) is 8.69. The van der Waals surface area contributed by atoms with Crippen LogP contribution in [0, 0.1) is 6.92 Å². The molecule has 1 aliphatic rings. The van der Waals surface area contributed by atoms with Gasteiger partial charge in [0.1, 0.15) is 0 Å². The lowest BCUT2D eigenvalue weighted by atomic mass is 10.2. The van der Waals surface area contributed by atoms with Gasteiger partial charge in [-0.15, -0.1) is 0 Å². The van der Waals surface area contributed by atoms with E-state index in [0.717, 1.165) is 25.1 Å². The zero-order chi connectivity index (χ0) is 13.0. The van der Waals surface area contributed by atoms with Crippen LogP contribution in [0.4, 0.5) is 5.69 Å². The fourth-order valence-electron chi connectivity index (χ4n) is 2.33. The minimum Gasteiger partial charge on any atom is -0.395 e. The summed E-state index contributed by atoms with van der Waals surface area (Å²) in [5.74, 6) is -0.0146. The van der Waals surface area contributed by atoms with Gasteiger partial charge in [-0.1, -0.05) is 17.7 Å². The molecule has 1 fully saturated rings. The SMILES string of the molecule is Cc1ccc(NC(=O)CN2CCCC2CO)cc1.